The highest BCUT2D eigenvalue weighted by Gasteiger charge is 2.07. The van der Waals surface area contributed by atoms with E-state index in [2.05, 4.69) is 20.6 Å². The average molecular weight is 256 g/mol. The summed E-state index contributed by atoms with van der Waals surface area (Å²) in [7, 11) is -0.805. The fraction of sp³-hybridized carbons (Fsp3) is 0.636. The molecule has 0 saturated carbocycles. The quantitative estimate of drug-likeness (QED) is 0.805. The smallest absolute Gasteiger partial charge is 0.224 e. The molecule has 0 aliphatic carbocycles. The number of rotatable bonds is 6. The summed E-state index contributed by atoms with van der Waals surface area (Å²) in [5, 5.41) is 6.31. The lowest BCUT2D eigenvalue weighted by molar-refractivity contribution is 0.683. The lowest BCUT2D eigenvalue weighted by atomic mass is 10.3. The van der Waals surface area contributed by atoms with E-state index < -0.39 is 10.8 Å². The first-order valence-corrected chi connectivity index (χ1v) is 7.40. The fourth-order valence-electron chi connectivity index (χ4n) is 1.53. The van der Waals surface area contributed by atoms with Crippen LogP contribution >= 0.6 is 0 Å². The van der Waals surface area contributed by atoms with Gasteiger partial charge in [-0.05, 0) is 20.8 Å². The third kappa shape index (κ3) is 5.12. The van der Waals surface area contributed by atoms with Crippen molar-refractivity contribution in [3.05, 3.63) is 11.8 Å². The third-order valence-corrected chi connectivity index (χ3v) is 3.04. The normalized spacial score (nSPS) is 14.1. The fourth-order valence-corrected chi connectivity index (χ4v) is 2.31. The van der Waals surface area contributed by atoms with E-state index >= 15 is 0 Å². The Hall–Kier alpha value is -1.17. The van der Waals surface area contributed by atoms with Crippen LogP contribution in [0.5, 0.6) is 0 Å². The highest BCUT2D eigenvalue weighted by atomic mass is 32.2. The maximum Gasteiger partial charge on any atom is 0.224 e. The summed E-state index contributed by atoms with van der Waals surface area (Å²) in [5.41, 5.74) is 0.906. The van der Waals surface area contributed by atoms with Crippen LogP contribution < -0.4 is 10.6 Å². The van der Waals surface area contributed by atoms with Crippen LogP contribution in [0.1, 0.15) is 19.5 Å². The molecule has 0 aromatic carbocycles. The van der Waals surface area contributed by atoms with Crippen LogP contribution in [0.4, 0.5) is 11.8 Å². The van der Waals surface area contributed by atoms with Crippen molar-refractivity contribution in [3.63, 3.8) is 0 Å². The SMILES string of the molecule is CCNc1nc(C)cc(NC(C)CS(C)=O)n1. The molecular weight excluding hydrogens is 236 g/mol. The highest BCUT2D eigenvalue weighted by Crippen LogP contribution is 2.10. The van der Waals surface area contributed by atoms with E-state index in [1.165, 1.54) is 0 Å². The lowest BCUT2D eigenvalue weighted by Crippen LogP contribution is -2.23. The minimum Gasteiger partial charge on any atom is -0.367 e. The first-order chi connectivity index (χ1) is 8.01. The van der Waals surface area contributed by atoms with Crippen LogP contribution in [-0.2, 0) is 10.8 Å². The molecule has 2 unspecified atom stereocenters. The van der Waals surface area contributed by atoms with E-state index in [1.807, 2.05) is 26.8 Å². The topological polar surface area (TPSA) is 66.9 Å². The summed E-state index contributed by atoms with van der Waals surface area (Å²) < 4.78 is 11.1. The van der Waals surface area contributed by atoms with Gasteiger partial charge in [-0.3, -0.25) is 4.21 Å². The Bertz CT molecular complexity index is 397. The van der Waals surface area contributed by atoms with E-state index in [1.54, 1.807) is 6.26 Å². The molecule has 0 saturated heterocycles. The molecule has 0 amide bonds. The molecule has 0 fully saturated rings. The van der Waals surface area contributed by atoms with Gasteiger partial charge in [-0.2, -0.15) is 4.98 Å². The van der Waals surface area contributed by atoms with Gasteiger partial charge < -0.3 is 10.6 Å². The number of hydrogen-bond donors (Lipinski definition) is 2. The van der Waals surface area contributed by atoms with Crippen molar-refractivity contribution in [3.8, 4) is 0 Å². The van der Waals surface area contributed by atoms with Gasteiger partial charge in [0.2, 0.25) is 5.95 Å². The maximum atomic E-state index is 11.1. The standard InChI is InChI=1S/C11H20N4OS/c1-5-12-11-14-8(2)6-10(15-11)13-9(3)7-17(4)16/h6,9H,5,7H2,1-4H3,(H2,12,13,14,15). The molecule has 96 valence electrons. The Balaban J connectivity index is 2.72. The Labute approximate surface area is 105 Å². The second kappa shape index (κ2) is 6.54. The molecule has 6 heteroatoms. The van der Waals surface area contributed by atoms with E-state index in [-0.39, 0.29) is 6.04 Å². The largest absolute Gasteiger partial charge is 0.367 e. The molecule has 2 atom stereocenters. The van der Waals surface area contributed by atoms with Crippen LogP contribution in [0.2, 0.25) is 0 Å². The van der Waals surface area contributed by atoms with Crippen molar-refractivity contribution < 1.29 is 4.21 Å². The summed E-state index contributed by atoms with van der Waals surface area (Å²) >= 11 is 0. The van der Waals surface area contributed by atoms with Crippen LogP contribution in [0, 0.1) is 6.92 Å². The van der Waals surface area contributed by atoms with Gasteiger partial charge >= 0.3 is 0 Å². The first-order valence-electron chi connectivity index (χ1n) is 5.67. The molecule has 0 bridgehead atoms. The lowest BCUT2D eigenvalue weighted by Gasteiger charge is -2.14. The molecule has 5 nitrogen and oxygen atoms in total. The molecular formula is C11H20N4OS. The Morgan fingerprint density at radius 3 is 2.76 bits per heavy atom. The van der Waals surface area contributed by atoms with Crippen molar-refractivity contribution in [2.75, 3.05) is 29.2 Å². The summed E-state index contributed by atoms with van der Waals surface area (Å²) in [6.07, 6.45) is 1.70. The van der Waals surface area contributed by atoms with Crippen molar-refractivity contribution in [2.45, 2.75) is 26.8 Å². The van der Waals surface area contributed by atoms with E-state index in [9.17, 15) is 4.21 Å². The van der Waals surface area contributed by atoms with Crippen LogP contribution in [0.3, 0.4) is 0 Å². The van der Waals surface area contributed by atoms with Gasteiger partial charge in [0.15, 0.2) is 0 Å². The predicted octanol–water partition coefficient (Wildman–Crippen LogP) is 1.40. The van der Waals surface area contributed by atoms with E-state index in [0.717, 1.165) is 18.1 Å². The molecule has 0 spiro atoms. The van der Waals surface area contributed by atoms with E-state index in [0.29, 0.717) is 11.7 Å². The zero-order valence-corrected chi connectivity index (χ0v) is 11.6. The Morgan fingerprint density at radius 1 is 1.47 bits per heavy atom. The number of hydrogen-bond acceptors (Lipinski definition) is 5. The molecule has 1 aromatic rings. The maximum absolute atomic E-state index is 11.1. The number of anilines is 2. The van der Waals surface area contributed by atoms with Crippen molar-refractivity contribution in [2.24, 2.45) is 0 Å². The second-order valence-corrected chi connectivity index (χ2v) is 5.51. The number of nitrogens with one attached hydrogen (secondary N) is 2. The minimum absolute atomic E-state index is 0.129. The van der Waals surface area contributed by atoms with Gasteiger partial charge in [0.05, 0.1) is 0 Å². The van der Waals surface area contributed by atoms with E-state index in [4.69, 9.17) is 0 Å². The van der Waals surface area contributed by atoms with Crippen LogP contribution in [0.25, 0.3) is 0 Å². The highest BCUT2D eigenvalue weighted by molar-refractivity contribution is 7.84. The molecule has 1 rings (SSSR count). The molecule has 0 radical (unpaired) electrons. The van der Waals surface area contributed by atoms with Gasteiger partial charge in [0, 0.05) is 47.2 Å². The summed E-state index contributed by atoms with van der Waals surface area (Å²) in [6.45, 7) is 6.71. The Kier molecular flexibility index (Phi) is 5.34. The summed E-state index contributed by atoms with van der Waals surface area (Å²) in [5.74, 6) is 2.01. The van der Waals surface area contributed by atoms with Crippen molar-refractivity contribution in [1.29, 1.82) is 0 Å². The zero-order chi connectivity index (χ0) is 12.8. The number of aromatic nitrogens is 2. The molecule has 2 N–H and O–H groups in total. The monoisotopic (exact) mass is 256 g/mol. The van der Waals surface area contributed by atoms with Gasteiger partial charge in [-0.25, -0.2) is 4.98 Å². The molecule has 0 aliphatic heterocycles. The summed E-state index contributed by atoms with van der Waals surface area (Å²) in [4.78, 5) is 8.61. The van der Waals surface area contributed by atoms with Gasteiger partial charge in [0.25, 0.3) is 0 Å². The minimum atomic E-state index is -0.805. The number of nitrogens with zero attached hydrogens (tertiary/aromatic N) is 2. The number of aryl methyl sites for hydroxylation is 1. The van der Waals surface area contributed by atoms with Crippen LogP contribution in [0.15, 0.2) is 6.07 Å². The molecule has 1 heterocycles. The second-order valence-electron chi connectivity index (χ2n) is 4.03. The Morgan fingerprint density at radius 2 is 2.18 bits per heavy atom. The average Bonchev–Trinajstić information content (AvgIpc) is 2.14. The molecule has 17 heavy (non-hydrogen) atoms. The molecule has 0 aliphatic rings. The van der Waals surface area contributed by atoms with Gasteiger partial charge in [0.1, 0.15) is 5.82 Å². The van der Waals surface area contributed by atoms with Gasteiger partial charge in [-0.15, -0.1) is 0 Å². The first kappa shape index (κ1) is 13.9. The molecule has 1 aromatic heterocycles. The zero-order valence-electron chi connectivity index (χ0n) is 10.8. The predicted molar refractivity (Wildman–Crippen MR) is 73.0 cm³/mol. The van der Waals surface area contributed by atoms with Crippen molar-refractivity contribution in [1.82, 2.24) is 9.97 Å². The van der Waals surface area contributed by atoms with Crippen LogP contribution in [-0.4, -0.2) is 38.8 Å². The summed E-state index contributed by atoms with van der Waals surface area (Å²) in [6, 6.07) is 2.01. The third-order valence-electron chi connectivity index (χ3n) is 2.07. The van der Waals surface area contributed by atoms with Crippen molar-refractivity contribution >= 4 is 22.6 Å². The van der Waals surface area contributed by atoms with Gasteiger partial charge in [-0.1, -0.05) is 0 Å².